The van der Waals surface area contributed by atoms with Gasteiger partial charge in [0, 0.05) is 6.08 Å². The molecule has 0 aromatic heterocycles. The molecule has 0 heterocycles. The molecule has 0 atom stereocenters. The first-order chi connectivity index (χ1) is 13.5. The zero-order chi connectivity index (χ0) is 20.4. The molecule has 2 aromatic carbocycles. The molecule has 0 saturated heterocycles. The van der Waals surface area contributed by atoms with Crippen LogP contribution in [0.4, 0.5) is 0 Å². The Morgan fingerprint density at radius 1 is 0.821 bits per heavy atom. The molecule has 0 fully saturated rings. The lowest BCUT2D eigenvalue weighted by molar-refractivity contribution is -0.145. The summed E-state index contributed by atoms with van der Waals surface area (Å²) in [5, 5.41) is 0. The Morgan fingerprint density at radius 3 is 1.93 bits per heavy atom. The average Bonchev–Trinajstić information content (AvgIpc) is 2.68. The zero-order valence-corrected chi connectivity index (χ0v) is 16.3. The highest BCUT2D eigenvalue weighted by atomic mass is 16.6. The van der Waals surface area contributed by atoms with Crippen molar-refractivity contribution in [2.24, 2.45) is 0 Å². The quantitative estimate of drug-likeness (QED) is 0.472. The summed E-state index contributed by atoms with van der Waals surface area (Å²) in [6.45, 7) is 5.91. The van der Waals surface area contributed by atoms with Gasteiger partial charge >= 0.3 is 11.9 Å². The van der Waals surface area contributed by atoms with Gasteiger partial charge < -0.3 is 18.9 Å². The number of esters is 2. The van der Waals surface area contributed by atoms with Gasteiger partial charge in [0.2, 0.25) is 0 Å². The van der Waals surface area contributed by atoms with Crippen LogP contribution >= 0.6 is 0 Å². The van der Waals surface area contributed by atoms with Crippen LogP contribution in [-0.4, -0.2) is 31.8 Å². The molecule has 2 aromatic rings. The number of hydrogen-bond acceptors (Lipinski definition) is 6. The molecule has 0 saturated carbocycles. The molecule has 28 heavy (non-hydrogen) atoms. The van der Waals surface area contributed by atoms with Crippen LogP contribution in [0.25, 0.3) is 5.57 Å². The Hall–Kier alpha value is -3.28. The third kappa shape index (κ3) is 6.79. The summed E-state index contributed by atoms with van der Waals surface area (Å²) in [5.74, 6) is 1.08. The second-order valence-electron chi connectivity index (χ2n) is 5.77. The smallest absolute Gasteiger partial charge is 0.344 e. The van der Waals surface area contributed by atoms with Crippen molar-refractivity contribution in [2.45, 2.75) is 20.8 Å². The van der Waals surface area contributed by atoms with E-state index < -0.39 is 5.97 Å². The normalized spacial score (nSPS) is 10.9. The van der Waals surface area contributed by atoms with Crippen LogP contribution in [-0.2, 0) is 19.1 Å². The summed E-state index contributed by atoms with van der Waals surface area (Å²) in [4.78, 5) is 22.8. The molecule has 0 bridgehead atoms. The summed E-state index contributed by atoms with van der Waals surface area (Å²) in [5.41, 5.74) is 1.72. The Balaban J connectivity index is 1.93. The standard InChI is InChI=1S/C22H24O6/c1-4-25-21(23)14-16(3)17-6-8-19(9-7-17)28-20-12-10-18(11-13-20)27-15-22(24)26-5-2/h6-14H,4-5,15H2,1-3H3/b16-14-. The van der Waals surface area contributed by atoms with Crippen molar-refractivity contribution < 1.29 is 28.5 Å². The van der Waals surface area contributed by atoms with E-state index in [1.165, 1.54) is 6.08 Å². The maximum absolute atomic E-state index is 11.5. The van der Waals surface area contributed by atoms with Crippen LogP contribution in [0.5, 0.6) is 17.2 Å². The molecule has 6 heteroatoms. The van der Waals surface area contributed by atoms with Crippen molar-refractivity contribution in [2.75, 3.05) is 19.8 Å². The fourth-order valence-corrected chi connectivity index (χ4v) is 2.31. The molecule has 0 unspecified atom stereocenters. The summed E-state index contributed by atoms with van der Waals surface area (Å²) >= 11 is 0. The molecule has 6 nitrogen and oxygen atoms in total. The van der Waals surface area contributed by atoms with E-state index in [-0.39, 0.29) is 12.6 Å². The molecule has 0 radical (unpaired) electrons. The molecule has 2 rings (SSSR count). The average molecular weight is 384 g/mol. The topological polar surface area (TPSA) is 71.1 Å². The van der Waals surface area contributed by atoms with Crippen molar-refractivity contribution in [1.29, 1.82) is 0 Å². The Morgan fingerprint density at radius 2 is 1.36 bits per heavy atom. The Labute approximate surface area is 164 Å². The number of ether oxygens (including phenoxy) is 4. The number of carbonyl (C=O) groups excluding carboxylic acids is 2. The summed E-state index contributed by atoms with van der Waals surface area (Å²) < 4.78 is 20.9. The van der Waals surface area contributed by atoms with Crippen LogP contribution in [0.15, 0.2) is 54.6 Å². The molecular weight excluding hydrogens is 360 g/mol. The SMILES string of the molecule is CCOC(=O)/C=C(/C)c1ccc(Oc2ccc(OCC(=O)OCC)cc2)cc1. The van der Waals surface area contributed by atoms with Crippen molar-refractivity contribution >= 4 is 17.5 Å². The molecule has 0 N–H and O–H groups in total. The van der Waals surface area contributed by atoms with Crippen molar-refractivity contribution in [1.82, 2.24) is 0 Å². The van der Waals surface area contributed by atoms with Gasteiger partial charge in [-0.1, -0.05) is 12.1 Å². The van der Waals surface area contributed by atoms with Crippen LogP contribution < -0.4 is 9.47 Å². The van der Waals surface area contributed by atoms with Crippen LogP contribution in [0.2, 0.25) is 0 Å². The summed E-state index contributed by atoms with van der Waals surface area (Å²) in [6, 6.07) is 14.3. The fraction of sp³-hybridized carbons (Fsp3) is 0.273. The van der Waals surface area contributed by atoms with Crippen LogP contribution in [0.3, 0.4) is 0 Å². The predicted octanol–water partition coefficient (Wildman–Crippen LogP) is 4.39. The Bertz CT molecular complexity index is 806. The largest absolute Gasteiger partial charge is 0.482 e. The first-order valence-electron chi connectivity index (χ1n) is 9.03. The molecule has 0 spiro atoms. The minimum absolute atomic E-state index is 0.131. The van der Waals surface area contributed by atoms with E-state index in [0.717, 1.165) is 11.1 Å². The third-order valence-electron chi connectivity index (χ3n) is 3.65. The number of carbonyl (C=O) groups is 2. The predicted molar refractivity (Wildman–Crippen MR) is 105 cm³/mol. The number of hydrogen-bond donors (Lipinski definition) is 0. The van der Waals surface area contributed by atoms with E-state index in [0.29, 0.717) is 30.5 Å². The molecule has 0 aliphatic rings. The van der Waals surface area contributed by atoms with E-state index in [2.05, 4.69) is 0 Å². The zero-order valence-electron chi connectivity index (χ0n) is 16.3. The maximum atomic E-state index is 11.5. The molecule has 148 valence electrons. The van der Waals surface area contributed by atoms with Gasteiger partial charge in [0.1, 0.15) is 17.2 Å². The lowest BCUT2D eigenvalue weighted by atomic mass is 10.1. The van der Waals surface area contributed by atoms with Gasteiger partial charge in [-0.3, -0.25) is 0 Å². The lowest BCUT2D eigenvalue weighted by Crippen LogP contribution is -2.14. The van der Waals surface area contributed by atoms with Gasteiger partial charge in [0.25, 0.3) is 0 Å². The van der Waals surface area contributed by atoms with Crippen molar-refractivity contribution in [3.63, 3.8) is 0 Å². The molecule has 0 aliphatic carbocycles. The van der Waals surface area contributed by atoms with E-state index in [9.17, 15) is 9.59 Å². The van der Waals surface area contributed by atoms with Crippen LogP contribution in [0, 0.1) is 0 Å². The van der Waals surface area contributed by atoms with E-state index in [1.54, 1.807) is 38.1 Å². The van der Waals surface area contributed by atoms with E-state index >= 15 is 0 Å². The number of rotatable bonds is 9. The highest BCUT2D eigenvalue weighted by Gasteiger charge is 2.05. The summed E-state index contributed by atoms with van der Waals surface area (Å²) in [7, 11) is 0. The molecule has 0 amide bonds. The van der Waals surface area contributed by atoms with E-state index in [1.807, 2.05) is 31.2 Å². The van der Waals surface area contributed by atoms with Crippen LogP contribution in [0.1, 0.15) is 26.3 Å². The fourth-order valence-electron chi connectivity index (χ4n) is 2.31. The third-order valence-corrected chi connectivity index (χ3v) is 3.65. The second kappa shape index (κ2) is 10.8. The summed E-state index contributed by atoms with van der Waals surface area (Å²) in [6.07, 6.45) is 1.47. The minimum atomic E-state index is -0.407. The van der Waals surface area contributed by atoms with Gasteiger partial charge in [-0.2, -0.15) is 0 Å². The van der Waals surface area contributed by atoms with Gasteiger partial charge in [-0.25, -0.2) is 9.59 Å². The minimum Gasteiger partial charge on any atom is -0.482 e. The Kier molecular flexibility index (Phi) is 8.09. The number of allylic oxidation sites excluding steroid dienone is 1. The van der Waals surface area contributed by atoms with Gasteiger partial charge in [-0.05, 0) is 68.3 Å². The first-order valence-corrected chi connectivity index (χ1v) is 9.03. The van der Waals surface area contributed by atoms with Crippen molar-refractivity contribution in [3.05, 3.63) is 60.2 Å². The maximum Gasteiger partial charge on any atom is 0.344 e. The van der Waals surface area contributed by atoms with Crippen molar-refractivity contribution in [3.8, 4) is 17.2 Å². The van der Waals surface area contributed by atoms with Gasteiger partial charge in [0.05, 0.1) is 13.2 Å². The van der Waals surface area contributed by atoms with Gasteiger partial charge in [-0.15, -0.1) is 0 Å². The monoisotopic (exact) mass is 384 g/mol. The lowest BCUT2D eigenvalue weighted by Gasteiger charge is -2.09. The molecule has 0 aliphatic heterocycles. The molecular formula is C22H24O6. The highest BCUT2D eigenvalue weighted by Crippen LogP contribution is 2.25. The second-order valence-corrected chi connectivity index (χ2v) is 5.77. The van der Waals surface area contributed by atoms with Gasteiger partial charge in [0.15, 0.2) is 6.61 Å². The highest BCUT2D eigenvalue weighted by molar-refractivity contribution is 5.90. The number of benzene rings is 2. The first kappa shape index (κ1) is 21.0. The van der Waals surface area contributed by atoms with E-state index in [4.69, 9.17) is 18.9 Å².